The van der Waals surface area contributed by atoms with Gasteiger partial charge in [0.05, 0.1) is 11.8 Å². The van der Waals surface area contributed by atoms with Crippen LogP contribution in [0, 0.1) is 18.8 Å². The lowest BCUT2D eigenvalue weighted by Gasteiger charge is -2.09. The van der Waals surface area contributed by atoms with E-state index in [1.807, 2.05) is 13.0 Å². The van der Waals surface area contributed by atoms with Crippen molar-refractivity contribution >= 4 is 29.1 Å². The van der Waals surface area contributed by atoms with Gasteiger partial charge in [0, 0.05) is 17.3 Å². The molecule has 0 aliphatic heterocycles. The Morgan fingerprint density at radius 3 is 2.71 bits per heavy atom. The van der Waals surface area contributed by atoms with Gasteiger partial charge in [-0.05, 0) is 37.5 Å². The number of hydrogen-bond acceptors (Lipinski definition) is 2. The van der Waals surface area contributed by atoms with Crippen molar-refractivity contribution in [2.45, 2.75) is 33.1 Å². The first kappa shape index (κ1) is 15.8. The highest BCUT2D eigenvalue weighted by molar-refractivity contribution is 6.31. The van der Waals surface area contributed by atoms with Crippen LogP contribution >= 0.6 is 11.6 Å². The van der Waals surface area contributed by atoms with E-state index in [4.69, 9.17) is 11.6 Å². The van der Waals surface area contributed by atoms with Crippen molar-refractivity contribution in [3.63, 3.8) is 0 Å². The summed E-state index contributed by atoms with van der Waals surface area (Å²) >= 11 is 6.03. The van der Waals surface area contributed by atoms with Crippen LogP contribution in [0.15, 0.2) is 18.2 Å². The number of halogens is 1. The largest absolute Gasteiger partial charge is 0.356 e. The minimum atomic E-state index is -0.218. The molecular weight excluding hydrogens is 288 g/mol. The van der Waals surface area contributed by atoms with Crippen LogP contribution in [0.3, 0.4) is 0 Å². The standard InChI is InChI=1S/C16H21ClN2O2/c1-3-4-8-18-15(20)11-9-12(11)16(21)19-14-7-5-6-13(17)10(14)2/h5-7,11-12H,3-4,8-9H2,1-2H3,(H,18,20)(H,19,21). The van der Waals surface area contributed by atoms with E-state index in [-0.39, 0.29) is 23.7 Å². The van der Waals surface area contributed by atoms with Gasteiger partial charge in [-0.25, -0.2) is 0 Å². The molecule has 1 aromatic rings. The fraction of sp³-hybridized carbons (Fsp3) is 0.500. The fourth-order valence-electron chi connectivity index (χ4n) is 2.26. The van der Waals surface area contributed by atoms with Crippen LogP contribution in [0.2, 0.25) is 5.02 Å². The molecule has 2 atom stereocenters. The Kier molecular flexibility index (Phi) is 5.23. The average molecular weight is 309 g/mol. The smallest absolute Gasteiger partial charge is 0.228 e. The minimum Gasteiger partial charge on any atom is -0.356 e. The number of amides is 2. The molecule has 2 amide bonds. The number of unbranched alkanes of at least 4 members (excludes halogenated alkanes) is 1. The summed E-state index contributed by atoms with van der Waals surface area (Å²) in [6.45, 7) is 4.63. The van der Waals surface area contributed by atoms with Crippen LogP contribution < -0.4 is 10.6 Å². The maximum absolute atomic E-state index is 12.1. The lowest BCUT2D eigenvalue weighted by Crippen LogP contribution is -2.28. The molecule has 21 heavy (non-hydrogen) atoms. The van der Waals surface area contributed by atoms with Crippen LogP contribution in [0.25, 0.3) is 0 Å². The van der Waals surface area contributed by atoms with E-state index >= 15 is 0 Å². The van der Waals surface area contributed by atoms with Crippen molar-refractivity contribution in [1.82, 2.24) is 5.32 Å². The second kappa shape index (κ2) is 6.94. The van der Waals surface area contributed by atoms with Crippen molar-refractivity contribution in [3.8, 4) is 0 Å². The summed E-state index contributed by atoms with van der Waals surface area (Å²) in [6, 6.07) is 5.40. The molecule has 2 N–H and O–H groups in total. The molecule has 1 fully saturated rings. The van der Waals surface area contributed by atoms with Gasteiger partial charge >= 0.3 is 0 Å². The summed E-state index contributed by atoms with van der Waals surface area (Å²) in [6.07, 6.45) is 2.64. The van der Waals surface area contributed by atoms with E-state index in [1.165, 1.54) is 0 Å². The van der Waals surface area contributed by atoms with Crippen molar-refractivity contribution in [1.29, 1.82) is 0 Å². The van der Waals surface area contributed by atoms with Crippen molar-refractivity contribution in [3.05, 3.63) is 28.8 Å². The summed E-state index contributed by atoms with van der Waals surface area (Å²) in [5, 5.41) is 6.36. The first-order valence-electron chi connectivity index (χ1n) is 7.38. The van der Waals surface area contributed by atoms with Crippen LogP contribution in [0.1, 0.15) is 31.7 Å². The Balaban J connectivity index is 1.86. The van der Waals surface area contributed by atoms with Crippen molar-refractivity contribution in [2.24, 2.45) is 11.8 Å². The second-order valence-corrected chi connectivity index (χ2v) is 5.90. The zero-order valence-corrected chi connectivity index (χ0v) is 13.2. The molecule has 5 heteroatoms. The van der Waals surface area contributed by atoms with Gasteiger partial charge in [-0.1, -0.05) is 31.0 Å². The number of benzene rings is 1. The zero-order chi connectivity index (χ0) is 15.4. The van der Waals surface area contributed by atoms with Crippen molar-refractivity contribution < 1.29 is 9.59 Å². The molecule has 1 saturated carbocycles. The Morgan fingerprint density at radius 1 is 1.29 bits per heavy atom. The molecule has 0 radical (unpaired) electrons. The number of rotatable bonds is 6. The van der Waals surface area contributed by atoms with Gasteiger partial charge in [-0.3, -0.25) is 9.59 Å². The molecular formula is C16H21ClN2O2. The van der Waals surface area contributed by atoms with Crippen LogP contribution in [0.4, 0.5) is 5.69 Å². The van der Waals surface area contributed by atoms with Crippen molar-refractivity contribution in [2.75, 3.05) is 11.9 Å². The number of carbonyl (C=O) groups excluding carboxylic acids is 2. The van der Waals surface area contributed by atoms with Crippen LogP contribution in [0.5, 0.6) is 0 Å². The van der Waals surface area contributed by atoms with Gasteiger partial charge < -0.3 is 10.6 Å². The van der Waals surface area contributed by atoms with E-state index in [1.54, 1.807) is 12.1 Å². The summed E-state index contributed by atoms with van der Waals surface area (Å²) in [5.74, 6) is -0.506. The molecule has 2 unspecified atom stereocenters. The lowest BCUT2D eigenvalue weighted by atomic mass is 10.2. The zero-order valence-electron chi connectivity index (χ0n) is 12.4. The van der Waals surface area contributed by atoms with Gasteiger partial charge in [0.25, 0.3) is 0 Å². The summed E-state index contributed by atoms with van der Waals surface area (Å²) < 4.78 is 0. The molecule has 2 rings (SSSR count). The normalized spacial score (nSPS) is 20.0. The van der Waals surface area contributed by atoms with Crippen LogP contribution in [-0.4, -0.2) is 18.4 Å². The van der Waals surface area contributed by atoms with Gasteiger partial charge in [0.15, 0.2) is 0 Å². The van der Waals surface area contributed by atoms with E-state index in [2.05, 4.69) is 17.6 Å². The first-order valence-corrected chi connectivity index (χ1v) is 7.76. The highest BCUT2D eigenvalue weighted by atomic mass is 35.5. The molecule has 4 nitrogen and oxygen atoms in total. The quantitative estimate of drug-likeness (QED) is 0.793. The monoisotopic (exact) mass is 308 g/mol. The maximum Gasteiger partial charge on any atom is 0.228 e. The summed E-state index contributed by atoms with van der Waals surface area (Å²) in [5.41, 5.74) is 1.56. The summed E-state index contributed by atoms with van der Waals surface area (Å²) in [7, 11) is 0. The molecule has 1 aliphatic carbocycles. The Hall–Kier alpha value is -1.55. The number of anilines is 1. The highest BCUT2D eigenvalue weighted by Crippen LogP contribution is 2.39. The third kappa shape index (κ3) is 3.97. The predicted octanol–water partition coefficient (Wildman–Crippen LogP) is 3.14. The fourth-order valence-corrected chi connectivity index (χ4v) is 2.44. The second-order valence-electron chi connectivity index (χ2n) is 5.49. The van der Waals surface area contributed by atoms with E-state index in [0.717, 1.165) is 18.4 Å². The SMILES string of the molecule is CCCCNC(=O)C1CC1C(=O)Nc1cccc(Cl)c1C. The minimum absolute atomic E-state index is 0.00795. The highest BCUT2D eigenvalue weighted by Gasteiger charge is 2.47. The molecule has 0 spiro atoms. The third-order valence-electron chi connectivity index (χ3n) is 3.82. The molecule has 0 aromatic heterocycles. The summed E-state index contributed by atoms with van der Waals surface area (Å²) in [4.78, 5) is 24.0. The molecule has 114 valence electrons. The third-order valence-corrected chi connectivity index (χ3v) is 4.23. The molecule has 1 aromatic carbocycles. The van der Waals surface area contributed by atoms with Gasteiger partial charge in [-0.2, -0.15) is 0 Å². The topological polar surface area (TPSA) is 58.2 Å². The first-order chi connectivity index (χ1) is 10.0. The Labute approximate surface area is 130 Å². The maximum atomic E-state index is 12.1. The number of nitrogens with one attached hydrogen (secondary N) is 2. The molecule has 0 bridgehead atoms. The van der Waals surface area contributed by atoms with Gasteiger partial charge in [0.2, 0.25) is 11.8 Å². The number of carbonyl (C=O) groups is 2. The van der Waals surface area contributed by atoms with Gasteiger partial charge in [0.1, 0.15) is 0 Å². The van der Waals surface area contributed by atoms with Gasteiger partial charge in [-0.15, -0.1) is 0 Å². The van der Waals surface area contributed by atoms with E-state index in [9.17, 15) is 9.59 Å². The van der Waals surface area contributed by atoms with Crippen LogP contribution in [-0.2, 0) is 9.59 Å². The molecule has 0 heterocycles. The van der Waals surface area contributed by atoms with E-state index in [0.29, 0.717) is 23.7 Å². The number of hydrogen-bond donors (Lipinski definition) is 2. The Morgan fingerprint density at radius 2 is 2.00 bits per heavy atom. The molecule has 0 saturated heterocycles. The van der Waals surface area contributed by atoms with E-state index < -0.39 is 0 Å². The predicted molar refractivity (Wildman–Crippen MR) is 84.3 cm³/mol. The Bertz CT molecular complexity index is 545. The lowest BCUT2D eigenvalue weighted by molar-refractivity contribution is -0.125. The molecule has 1 aliphatic rings. The average Bonchev–Trinajstić information content (AvgIpc) is 3.24.